The summed E-state index contributed by atoms with van der Waals surface area (Å²) in [5.41, 5.74) is 1.22. The van der Waals surface area contributed by atoms with Gasteiger partial charge in [-0.15, -0.1) is 0 Å². The first kappa shape index (κ1) is 16.2. The molecule has 0 aliphatic heterocycles. The highest BCUT2D eigenvalue weighted by molar-refractivity contribution is 5.68. The molecule has 1 aliphatic rings. The maximum absolute atomic E-state index is 12.6. The zero-order valence-electron chi connectivity index (χ0n) is 12.6. The van der Waals surface area contributed by atoms with Gasteiger partial charge in [-0.05, 0) is 60.2 Å². The summed E-state index contributed by atoms with van der Waals surface area (Å²) in [7, 11) is 0. The first-order valence-corrected chi connectivity index (χ1v) is 7.49. The topological polar surface area (TPSA) is 43.1 Å². The van der Waals surface area contributed by atoms with E-state index in [0.29, 0.717) is 16.7 Å². The molecule has 0 amide bonds. The third-order valence-corrected chi connectivity index (χ3v) is 3.94. The number of alkyl halides is 3. The summed E-state index contributed by atoms with van der Waals surface area (Å²) in [6.45, 7) is 0. The van der Waals surface area contributed by atoms with E-state index in [1.165, 1.54) is 12.1 Å². The second kappa shape index (κ2) is 6.11. The van der Waals surface area contributed by atoms with Crippen molar-refractivity contribution in [1.82, 2.24) is 0 Å². The minimum absolute atomic E-state index is 0.0801. The van der Waals surface area contributed by atoms with Crippen molar-refractivity contribution < 1.29 is 18.1 Å². The van der Waals surface area contributed by atoms with E-state index in [4.69, 9.17) is 0 Å². The molecule has 1 fully saturated rings. The summed E-state index contributed by atoms with van der Waals surface area (Å²) in [5.74, 6) is 0.278. The SMILES string of the molecule is O=[N+]([O-])/C(=C\C1CC1)c1ccc(-c2ccc(C(F)(F)F)cc2)cc1. The van der Waals surface area contributed by atoms with E-state index in [2.05, 4.69) is 0 Å². The Morgan fingerprint density at radius 1 is 1.00 bits per heavy atom. The van der Waals surface area contributed by atoms with Gasteiger partial charge < -0.3 is 0 Å². The zero-order valence-corrected chi connectivity index (χ0v) is 12.6. The second-order valence-electron chi connectivity index (χ2n) is 5.80. The fourth-order valence-electron chi connectivity index (χ4n) is 2.43. The van der Waals surface area contributed by atoms with Crippen LogP contribution in [0.4, 0.5) is 13.2 Å². The number of rotatable bonds is 4. The van der Waals surface area contributed by atoms with Crippen molar-refractivity contribution in [3.63, 3.8) is 0 Å². The number of allylic oxidation sites excluding steroid dienone is 1. The highest BCUT2D eigenvalue weighted by Crippen LogP contribution is 2.34. The number of halogens is 3. The van der Waals surface area contributed by atoms with Crippen LogP contribution >= 0.6 is 0 Å². The smallest absolute Gasteiger partial charge is 0.258 e. The third-order valence-electron chi connectivity index (χ3n) is 3.94. The van der Waals surface area contributed by atoms with Gasteiger partial charge in [0.25, 0.3) is 5.70 Å². The van der Waals surface area contributed by atoms with Gasteiger partial charge >= 0.3 is 6.18 Å². The van der Waals surface area contributed by atoms with Crippen LogP contribution in [0.1, 0.15) is 24.0 Å². The molecule has 0 heterocycles. The molecule has 1 saturated carbocycles. The second-order valence-corrected chi connectivity index (χ2v) is 5.80. The van der Waals surface area contributed by atoms with Crippen molar-refractivity contribution in [2.24, 2.45) is 5.92 Å². The molecule has 0 radical (unpaired) electrons. The summed E-state index contributed by atoms with van der Waals surface area (Å²) in [4.78, 5) is 10.8. The Balaban J connectivity index is 1.85. The van der Waals surface area contributed by atoms with Gasteiger partial charge in [-0.25, -0.2) is 0 Å². The number of nitro groups is 1. The molecule has 0 unspecified atom stereocenters. The highest BCUT2D eigenvalue weighted by atomic mass is 19.4. The van der Waals surface area contributed by atoms with E-state index < -0.39 is 16.7 Å². The van der Waals surface area contributed by atoms with Crippen LogP contribution < -0.4 is 0 Å². The lowest BCUT2D eigenvalue weighted by molar-refractivity contribution is -0.375. The van der Waals surface area contributed by atoms with Crippen molar-refractivity contribution in [2.75, 3.05) is 0 Å². The molecule has 24 heavy (non-hydrogen) atoms. The van der Waals surface area contributed by atoms with E-state index in [1.807, 2.05) is 0 Å². The summed E-state index contributed by atoms with van der Waals surface area (Å²) in [5, 5.41) is 11.2. The lowest BCUT2D eigenvalue weighted by atomic mass is 10.0. The van der Waals surface area contributed by atoms with Crippen molar-refractivity contribution in [3.05, 3.63) is 75.8 Å². The Kier molecular flexibility index (Phi) is 4.13. The van der Waals surface area contributed by atoms with Gasteiger partial charge in [0.1, 0.15) is 0 Å². The molecule has 2 aromatic rings. The number of benzene rings is 2. The van der Waals surface area contributed by atoms with Crippen LogP contribution in [-0.4, -0.2) is 4.92 Å². The Morgan fingerprint density at radius 2 is 1.50 bits per heavy atom. The average molecular weight is 333 g/mol. The van der Waals surface area contributed by atoms with Crippen LogP contribution in [0.25, 0.3) is 16.8 Å². The summed E-state index contributed by atoms with van der Waals surface area (Å²) < 4.78 is 37.7. The van der Waals surface area contributed by atoms with Crippen LogP contribution in [0.15, 0.2) is 54.6 Å². The largest absolute Gasteiger partial charge is 0.416 e. The molecule has 0 bridgehead atoms. The molecule has 2 aromatic carbocycles. The van der Waals surface area contributed by atoms with Gasteiger partial charge in [0.2, 0.25) is 0 Å². The molecule has 3 rings (SSSR count). The van der Waals surface area contributed by atoms with Crippen LogP contribution in [0, 0.1) is 16.0 Å². The van der Waals surface area contributed by atoms with Gasteiger partial charge in [0, 0.05) is 0 Å². The first-order valence-electron chi connectivity index (χ1n) is 7.49. The molecule has 6 heteroatoms. The van der Waals surface area contributed by atoms with E-state index in [-0.39, 0.29) is 11.6 Å². The molecule has 0 atom stereocenters. The third kappa shape index (κ3) is 3.64. The normalized spacial score (nSPS) is 15.4. The average Bonchev–Trinajstić information content (AvgIpc) is 3.36. The molecular formula is C18H14F3NO2. The molecule has 3 nitrogen and oxygen atoms in total. The van der Waals surface area contributed by atoms with Crippen molar-refractivity contribution in [1.29, 1.82) is 0 Å². The number of hydrogen-bond donors (Lipinski definition) is 0. The quantitative estimate of drug-likeness (QED) is 0.555. The molecule has 124 valence electrons. The molecular weight excluding hydrogens is 319 g/mol. The van der Waals surface area contributed by atoms with Crippen LogP contribution in [0.3, 0.4) is 0 Å². The zero-order chi connectivity index (χ0) is 17.3. The van der Waals surface area contributed by atoms with Crippen LogP contribution in [-0.2, 0) is 6.18 Å². The van der Waals surface area contributed by atoms with E-state index in [9.17, 15) is 23.3 Å². The summed E-state index contributed by atoms with van der Waals surface area (Å²) in [6.07, 6.45) is -0.744. The predicted octanol–water partition coefficient (Wildman–Crippen LogP) is 5.40. The molecule has 0 aromatic heterocycles. The van der Waals surface area contributed by atoms with E-state index in [1.54, 1.807) is 30.3 Å². The molecule has 0 N–H and O–H groups in total. The highest BCUT2D eigenvalue weighted by Gasteiger charge is 2.30. The lowest BCUT2D eigenvalue weighted by Gasteiger charge is -2.08. The fourth-order valence-corrected chi connectivity index (χ4v) is 2.43. The van der Waals surface area contributed by atoms with Gasteiger partial charge in [-0.2, -0.15) is 13.2 Å². The Bertz CT molecular complexity index is 773. The fraction of sp³-hybridized carbons (Fsp3) is 0.222. The van der Waals surface area contributed by atoms with Crippen LogP contribution in [0.5, 0.6) is 0 Å². The number of hydrogen-bond acceptors (Lipinski definition) is 2. The van der Waals surface area contributed by atoms with Gasteiger partial charge in [-0.1, -0.05) is 24.3 Å². The van der Waals surface area contributed by atoms with Crippen molar-refractivity contribution >= 4 is 5.70 Å². The van der Waals surface area contributed by atoms with Crippen molar-refractivity contribution in [2.45, 2.75) is 19.0 Å². The van der Waals surface area contributed by atoms with Gasteiger partial charge in [0.15, 0.2) is 0 Å². The standard InChI is InChI=1S/C18H14F3NO2/c19-18(20,21)16-9-7-14(8-10-16)13-3-5-15(6-4-13)17(22(23)24)11-12-1-2-12/h3-12H,1-2H2/b17-11-. The first-order chi connectivity index (χ1) is 11.3. The Labute approximate surface area is 136 Å². The summed E-state index contributed by atoms with van der Waals surface area (Å²) in [6, 6.07) is 11.5. The number of nitrogens with zero attached hydrogens (tertiary/aromatic N) is 1. The minimum Gasteiger partial charge on any atom is -0.258 e. The van der Waals surface area contributed by atoms with E-state index >= 15 is 0 Å². The van der Waals surface area contributed by atoms with E-state index in [0.717, 1.165) is 25.0 Å². The van der Waals surface area contributed by atoms with Gasteiger partial charge in [0.05, 0.1) is 16.1 Å². The minimum atomic E-state index is -4.36. The lowest BCUT2D eigenvalue weighted by Crippen LogP contribution is -2.04. The Hall–Kier alpha value is -2.63. The Morgan fingerprint density at radius 3 is 1.92 bits per heavy atom. The predicted molar refractivity (Wildman–Crippen MR) is 84.6 cm³/mol. The van der Waals surface area contributed by atoms with Gasteiger partial charge in [-0.3, -0.25) is 10.1 Å². The maximum Gasteiger partial charge on any atom is 0.416 e. The molecule has 0 saturated heterocycles. The molecule has 1 aliphatic carbocycles. The maximum atomic E-state index is 12.6. The van der Waals surface area contributed by atoms with Crippen LogP contribution in [0.2, 0.25) is 0 Å². The monoisotopic (exact) mass is 333 g/mol. The van der Waals surface area contributed by atoms with Crippen molar-refractivity contribution in [3.8, 4) is 11.1 Å². The molecule has 0 spiro atoms. The summed E-state index contributed by atoms with van der Waals surface area (Å²) >= 11 is 0.